The first-order valence-electron chi connectivity index (χ1n) is 4.99. The molecule has 0 aliphatic heterocycles. The maximum absolute atomic E-state index is 11.6. The lowest BCUT2D eigenvalue weighted by atomic mass is 10.3. The molecule has 0 amide bonds. The van der Waals surface area contributed by atoms with Crippen LogP contribution in [-0.2, 0) is 16.0 Å². The van der Waals surface area contributed by atoms with E-state index in [1.165, 1.54) is 0 Å². The van der Waals surface area contributed by atoms with Crippen LogP contribution in [0.15, 0.2) is 5.16 Å². The van der Waals surface area contributed by atoms with E-state index < -0.39 is 18.5 Å². The molecular weight excluding hydrogens is 260 g/mol. The van der Waals surface area contributed by atoms with Crippen molar-refractivity contribution in [3.63, 3.8) is 0 Å². The fraction of sp³-hybridized carbons (Fsp3) is 0.444. The van der Waals surface area contributed by atoms with Gasteiger partial charge in [-0.25, -0.2) is 14.3 Å². The molecule has 19 heavy (non-hydrogen) atoms. The molecule has 1 rings (SSSR count). The molecule has 2 N–H and O–H groups in total. The molecule has 1 heterocycles. The van der Waals surface area contributed by atoms with E-state index in [4.69, 9.17) is 10.3 Å². The minimum Gasteiger partial charge on any atom is -0.464 e. The number of oxime groups is 1. The van der Waals surface area contributed by atoms with Crippen molar-refractivity contribution in [1.29, 1.82) is 0 Å². The second-order valence-corrected chi connectivity index (χ2v) is 3.25. The number of ether oxygens (including phenoxy) is 2. The van der Waals surface area contributed by atoms with Gasteiger partial charge in [0.25, 0.3) is 0 Å². The number of aromatic nitrogens is 3. The molecule has 0 atom stereocenters. The fourth-order valence-corrected chi connectivity index (χ4v) is 1.24. The highest BCUT2D eigenvalue weighted by Crippen LogP contribution is 2.09. The number of aliphatic hydroxyl groups excluding tert-OH is 1. The van der Waals surface area contributed by atoms with E-state index in [1.54, 1.807) is 0 Å². The zero-order chi connectivity index (χ0) is 14.4. The van der Waals surface area contributed by atoms with Crippen LogP contribution in [0.5, 0.6) is 0 Å². The molecule has 104 valence electrons. The lowest BCUT2D eigenvalue weighted by molar-refractivity contribution is 0.0544. The summed E-state index contributed by atoms with van der Waals surface area (Å²) in [5.41, 5.74) is -0.667. The van der Waals surface area contributed by atoms with E-state index in [0.717, 1.165) is 18.9 Å². The first-order valence-corrected chi connectivity index (χ1v) is 4.99. The number of esters is 2. The Hall–Kier alpha value is -2.49. The Morgan fingerprint density at radius 3 is 2.42 bits per heavy atom. The van der Waals surface area contributed by atoms with E-state index in [2.05, 4.69) is 24.9 Å². The monoisotopic (exact) mass is 272 g/mol. The molecule has 1 aromatic heterocycles. The molecule has 0 aliphatic rings. The van der Waals surface area contributed by atoms with Crippen molar-refractivity contribution in [3.8, 4) is 0 Å². The van der Waals surface area contributed by atoms with E-state index in [-0.39, 0.29) is 23.6 Å². The predicted molar refractivity (Wildman–Crippen MR) is 59.0 cm³/mol. The van der Waals surface area contributed by atoms with Crippen molar-refractivity contribution in [2.24, 2.45) is 5.16 Å². The third kappa shape index (κ3) is 3.04. The number of nitrogens with zero attached hydrogens (tertiary/aromatic N) is 4. The topological polar surface area (TPSA) is 136 Å². The van der Waals surface area contributed by atoms with Crippen LogP contribution in [0.25, 0.3) is 0 Å². The summed E-state index contributed by atoms with van der Waals surface area (Å²) in [5, 5.41) is 27.3. The maximum atomic E-state index is 11.6. The third-order valence-electron chi connectivity index (χ3n) is 2.15. The predicted octanol–water partition coefficient (Wildman–Crippen LogP) is -1.33. The van der Waals surface area contributed by atoms with Gasteiger partial charge in [0.2, 0.25) is 5.69 Å². The first-order chi connectivity index (χ1) is 9.08. The van der Waals surface area contributed by atoms with Crippen LogP contribution in [0, 0.1) is 0 Å². The van der Waals surface area contributed by atoms with Crippen LogP contribution in [0.2, 0.25) is 0 Å². The van der Waals surface area contributed by atoms with Gasteiger partial charge in [0, 0.05) is 0 Å². The van der Waals surface area contributed by atoms with Gasteiger partial charge < -0.3 is 19.8 Å². The highest BCUT2D eigenvalue weighted by molar-refractivity contribution is 6.00. The van der Waals surface area contributed by atoms with Crippen LogP contribution in [0.3, 0.4) is 0 Å². The summed E-state index contributed by atoms with van der Waals surface area (Å²) >= 11 is 0. The summed E-state index contributed by atoms with van der Waals surface area (Å²) in [5.74, 6) is -1.72. The Bertz CT molecular complexity index is 509. The van der Waals surface area contributed by atoms with Crippen molar-refractivity contribution in [3.05, 3.63) is 11.4 Å². The average molecular weight is 272 g/mol. The fourth-order valence-electron chi connectivity index (χ4n) is 1.24. The minimum absolute atomic E-state index is 0.0773. The van der Waals surface area contributed by atoms with Crippen molar-refractivity contribution < 1.29 is 29.4 Å². The van der Waals surface area contributed by atoms with Crippen LogP contribution in [0.4, 0.5) is 0 Å². The Morgan fingerprint density at radius 2 is 1.95 bits per heavy atom. The normalized spacial score (nSPS) is 11.2. The summed E-state index contributed by atoms with van der Waals surface area (Å²) in [6.07, 6.45) is 0. The summed E-state index contributed by atoms with van der Waals surface area (Å²) in [6.45, 7) is -0.786. The SMILES string of the molecule is COC(=O)c1nnn(CC(CO)=NO)c1C(=O)OC. The highest BCUT2D eigenvalue weighted by atomic mass is 16.5. The van der Waals surface area contributed by atoms with Crippen molar-refractivity contribution in [2.45, 2.75) is 6.54 Å². The zero-order valence-corrected chi connectivity index (χ0v) is 10.2. The Balaban J connectivity index is 3.22. The second-order valence-electron chi connectivity index (χ2n) is 3.25. The quantitative estimate of drug-likeness (QED) is 0.291. The Morgan fingerprint density at radius 1 is 1.32 bits per heavy atom. The van der Waals surface area contributed by atoms with Gasteiger partial charge in [-0.3, -0.25) is 0 Å². The molecule has 1 aromatic rings. The minimum atomic E-state index is -0.863. The third-order valence-corrected chi connectivity index (χ3v) is 2.15. The van der Waals surface area contributed by atoms with Crippen LogP contribution < -0.4 is 0 Å². The smallest absolute Gasteiger partial charge is 0.361 e. The standard InChI is InChI=1S/C9H12N4O6/c1-18-8(15)6-7(9(16)19-2)13(12-10-6)3-5(4-14)11-17/h14,17H,3-4H2,1-2H3. The number of hydrogen-bond acceptors (Lipinski definition) is 9. The molecule has 10 heteroatoms. The molecule has 0 aromatic carbocycles. The van der Waals surface area contributed by atoms with Crippen LogP contribution in [-0.4, -0.2) is 63.8 Å². The summed E-state index contributed by atoms with van der Waals surface area (Å²) in [7, 11) is 2.24. The number of carbonyl (C=O) groups is 2. The Kier molecular flexibility index (Phi) is 4.94. The number of carbonyl (C=O) groups excluding carboxylic acids is 2. The molecule has 10 nitrogen and oxygen atoms in total. The van der Waals surface area contributed by atoms with Gasteiger partial charge in [0.1, 0.15) is 5.71 Å². The second kappa shape index (κ2) is 6.44. The van der Waals surface area contributed by atoms with Crippen molar-refractivity contribution in [1.82, 2.24) is 15.0 Å². The highest BCUT2D eigenvalue weighted by Gasteiger charge is 2.27. The lowest BCUT2D eigenvalue weighted by Crippen LogP contribution is -2.21. The van der Waals surface area contributed by atoms with E-state index in [0.29, 0.717) is 0 Å². The first kappa shape index (κ1) is 14.6. The van der Waals surface area contributed by atoms with Crippen molar-refractivity contribution >= 4 is 17.7 Å². The van der Waals surface area contributed by atoms with E-state index in [1.807, 2.05) is 0 Å². The summed E-state index contributed by atoms with van der Waals surface area (Å²) in [6, 6.07) is 0. The largest absolute Gasteiger partial charge is 0.464 e. The molecular formula is C9H12N4O6. The molecule has 0 saturated carbocycles. The van der Waals surface area contributed by atoms with Crippen molar-refractivity contribution in [2.75, 3.05) is 20.8 Å². The number of methoxy groups -OCH3 is 2. The number of rotatable bonds is 5. The molecule has 0 saturated heterocycles. The van der Waals surface area contributed by atoms with Crippen LogP contribution in [0.1, 0.15) is 21.0 Å². The van der Waals surface area contributed by atoms with E-state index >= 15 is 0 Å². The van der Waals surface area contributed by atoms with Gasteiger partial charge in [-0.15, -0.1) is 5.10 Å². The van der Waals surface area contributed by atoms with Gasteiger partial charge in [0.05, 0.1) is 27.4 Å². The summed E-state index contributed by atoms with van der Waals surface area (Å²) < 4.78 is 9.92. The summed E-state index contributed by atoms with van der Waals surface area (Å²) in [4.78, 5) is 23.0. The van der Waals surface area contributed by atoms with Crippen LogP contribution >= 0.6 is 0 Å². The number of hydrogen-bond donors (Lipinski definition) is 2. The van der Waals surface area contributed by atoms with E-state index in [9.17, 15) is 9.59 Å². The molecule has 0 spiro atoms. The van der Waals surface area contributed by atoms with Gasteiger partial charge in [-0.1, -0.05) is 10.4 Å². The molecule has 0 radical (unpaired) electrons. The van der Waals surface area contributed by atoms with Gasteiger partial charge in [-0.05, 0) is 0 Å². The zero-order valence-electron chi connectivity index (χ0n) is 10.2. The van der Waals surface area contributed by atoms with Gasteiger partial charge in [0.15, 0.2) is 5.69 Å². The van der Waals surface area contributed by atoms with Gasteiger partial charge >= 0.3 is 11.9 Å². The molecule has 0 bridgehead atoms. The number of aliphatic hydroxyl groups is 1. The van der Waals surface area contributed by atoms with Gasteiger partial charge in [-0.2, -0.15) is 0 Å². The average Bonchev–Trinajstić information content (AvgIpc) is 2.86. The maximum Gasteiger partial charge on any atom is 0.361 e. The molecule has 0 fully saturated rings. The lowest BCUT2D eigenvalue weighted by Gasteiger charge is -2.05. The molecule has 0 unspecified atom stereocenters. The molecule has 0 aliphatic carbocycles. The Labute approximate surface area is 107 Å².